The molecular formula is C10H21N5S. The van der Waals surface area contributed by atoms with Crippen molar-refractivity contribution in [2.24, 2.45) is 7.05 Å². The minimum Gasteiger partial charge on any atom is -0.314 e. The van der Waals surface area contributed by atoms with Crippen LogP contribution in [0.25, 0.3) is 0 Å². The van der Waals surface area contributed by atoms with Crippen molar-refractivity contribution in [1.29, 1.82) is 0 Å². The van der Waals surface area contributed by atoms with Gasteiger partial charge in [-0.3, -0.25) is 0 Å². The van der Waals surface area contributed by atoms with Crippen LogP contribution in [0.3, 0.4) is 0 Å². The highest BCUT2D eigenvalue weighted by Crippen LogP contribution is 2.22. The number of hydrogen-bond acceptors (Lipinski definition) is 5. The van der Waals surface area contributed by atoms with Crippen LogP contribution < -0.4 is 5.32 Å². The highest BCUT2D eigenvalue weighted by molar-refractivity contribution is 7.99. The minimum absolute atomic E-state index is 0.518. The van der Waals surface area contributed by atoms with Gasteiger partial charge in [-0.05, 0) is 36.7 Å². The van der Waals surface area contributed by atoms with Gasteiger partial charge in [0.2, 0.25) is 5.16 Å². The Bertz CT molecular complexity index is 301. The number of thioether (sulfide) groups is 1. The molecule has 2 unspecified atom stereocenters. The van der Waals surface area contributed by atoms with Crippen molar-refractivity contribution in [1.82, 2.24) is 25.5 Å². The van der Waals surface area contributed by atoms with E-state index < -0.39 is 0 Å². The summed E-state index contributed by atoms with van der Waals surface area (Å²) in [6.07, 6.45) is 2.30. The molecule has 1 heterocycles. The Balaban J connectivity index is 2.30. The predicted octanol–water partition coefficient (Wildman–Crippen LogP) is 1.47. The van der Waals surface area contributed by atoms with Gasteiger partial charge < -0.3 is 5.32 Å². The summed E-state index contributed by atoms with van der Waals surface area (Å²) in [6.45, 7) is 7.71. The Morgan fingerprint density at radius 3 is 2.75 bits per heavy atom. The van der Waals surface area contributed by atoms with Gasteiger partial charge in [-0.25, -0.2) is 4.68 Å². The molecule has 0 aromatic carbocycles. The Morgan fingerprint density at radius 2 is 2.19 bits per heavy atom. The molecule has 1 aromatic heterocycles. The summed E-state index contributed by atoms with van der Waals surface area (Å²) >= 11 is 1.73. The number of aromatic nitrogens is 4. The first-order valence-corrected chi connectivity index (χ1v) is 6.63. The molecule has 1 N–H and O–H groups in total. The van der Waals surface area contributed by atoms with Crippen LogP contribution in [0.2, 0.25) is 0 Å². The van der Waals surface area contributed by atoms with Gasteiger partial charge in [-0.2, -0.15) is 0 Å². The maximum Gasteiger partial charge on any atom is 0.209 e. The molecule has 0 aliphatic carbocycles. The van der Waals surface area contributed by atoms with Crippen LogP contribution in [0.1, 0.15) is 33.6 Å². The highest BCUT2D eigenvalue weighted by Gasteiger charge is 2.12. The van der Waals surface area contributed by atoms with Gasteiger partial charge in [0.25, 0.3) is 0 Å². The van der Waals surface area contributed by atoms with E-state index in [1.165, 1.54) is 6.42 Å². The molecule has 0 aliphatic heterocycles. The van der Waals surface area contributed by atoms with Gasteiger partial charge in [-0.15, -0.1) is 5.10 Å². The monoisotopic (exact) mass is 243 g/mol. The largest absolute Gasteiger partial charge is 0.314 e. The molecule has 0 spiro atoms. The van der Waals surface area contributed by atoms with E-state index in [1.807, 2.05) is 7.05 Å². The van der Waals surface area contributed by atoms with E-state index in [0.29, 0.717) is 11.3 Å². The van der Waals surface area contributed by atoms with Crippen molar-refractivity contribution >= 4 is 11.8 Å². The lowest BCUT2D eigenvalue weighted by Crippen LogP contribution is -2.29. The molecule has 0 fully saturated rings. The fourth-order valence-electron chi connectivity index (χ4n) is 1.52. The normalized spacial score (nSPS) is 15.0. The first kappa shape index (κ1) is 13.4. The number of hydrogen-bond donors (Lipinski definition) is 1. The summed E-state index contributed by atoms with van der Waals surface area (Å²) in [5.74, 6) is 0. The molecule has 0 bridgehead atoms. The quantitative estimate of drug-likeness (QED) is 0.735. The Kier molecular flexibility index (Phi) is 5.76. The Labute approximate surface area is 101 Å². The SMILES string of the molecule is CCCNC(C)CC(C)Sc1nnnn1C. The number of nitrogens with zero attached hydrogens (tertiary/aromatic N) is 4. The topological polar surface area (TPSA) is 55.6 Å². The van der Waals surface area contributed by atoms with Gasteiger partial charge in [-0.1, -0.05) is 25.6 Å². The van der Waals surface area contributed by atoms with Crippen molar-refractivity contribution in [2.75, 3.05) is 6.54 Å². The molecule has 0 saturated carbocycles. The number of nitrogens with one attached hydrogen (secondary N) is 1. The highest BCUT2D eigenvalue weighted by atomic mass is 32.2. The zero-order valence-corrected chi connectivity index (χ0v) is 11.3. The van der Waals surface area contributed by atoms with Crippen LogP contribution in [0.4, 0.5) is 0 Å². The van der Waals surface area contributed by atoms with Gasteiger partial charge in [0.1, 0.15) is 0 Å². The predicted molar refractivity (Wildman–Crippen MR) is 66.5 cm³/mol. The lowest BCUT2D eigenvalue weighted by molar-refractivity contribution is 0.512. The summed E-state index contributed by atoms with van der Waals surface area (Å²) in [5, 5.41) is 16.3. The van der Waals surface area contributed by atoms with E-state index in [4.69, 9.17) is 0 Å². The van der Waals surface area contributed by atoms with E-state index in [0.717, 1.165) is 18.1 Å². The molecule has 5 nitrogen and oxygen atoms in total. The third-order valence-corrected chi connectivity index (χ3v) is 3.47. The van der Waals surface area contributed by atoms with Crippen LogP contribution >= 0.6 is 11.8 Å². The van der Waals surface area contributed by atoms with Gasteiger partial charge >= 0.3 is 0 Å². The molecule has 92 valence electrons. The molecule has 0 amide bonds. The summed E-state index contributed by atoms with van der Waals surface area (Å²) in [7, 11) is 1.87. The standard InChI is InChI=1S/C10H21N5S/c1-5-6-11-8(2)7-9(3)16-10-12-13-14-15(10)4/h8-9,11H,5-7H2,1-4H3. The molecule has 0 saturated heterocycles. The maximum atomic E-state index is 3.97. The van der Waals surface area contributed by atoms with Crippen LogP contribution in [0.5, 0.6) is 0 Å². The first-order chi connectivity index (χ1) is 7.63. The molecule has 1 aromatic rings. The van der Waals surface area contributed by atoms with Gasteiger partial charge in [0, 0.05) is 18.3 Å². The fraction of sp³-hybridized carbons (Fsp3) is 0.900. The van der Waals surface area contributed by atoms with E-state index >= 15 is 0 Å². The van der Waals surface area contributed by atoms with E-state index in [2.05, 4.69) is 41.6 Å². The average molecular weight is 243 g/mol. The van der Waals surface area contributed by atoms with Crippen molar-refractivity contribution in [3.63, 3.8) is 0 Å². The van der Waals surface area contributed by atoms with Crippen LogP contribution in [-0.2, 0) is 7.05 Å². The van der Waals surface area contributed by atoms with E-state index in [1.54, 1.807) is 16.4 Å². The van der Waals surface area contributed by atoms with Crippen LogP contribution in [0.15, 0.2) is 5.16 Å². The molecular weight excluding hydrogens is 222 g/mol. The second kappa shape index (κ2) is 6.85. The van der Waals surface area contributed by atoms with E-state index in [9.17, 15) is 0 Å². The zero-order valence-electron chi connectivity index (χ0n) is 10.5. The molecule has 0 radical (unpaired) electrons. The fourth-order valence-corrected chi connectivity index (χ4v) is 2.54. The van der Waals surface area contributed by atoms with Crippen LogP contribution in [0, 0.1) is 0 Å². The van der Waals surface area contributed by atoms with Crippen molar-refractivity contribution < 1.29 is 0 Å². The maximum absolute atomic E-state index is 3.97. The summed E-state index contributed by atoms with van der Waals surface area (Å²) < 4.78 is 1.71. The third kappa shape index (κ3) is 4.49. The Hall–Kier alpha value is -0.620. The number of aryl methyl sites for hydroxylation is 1. The minimum atomic E-state index is 0.518. The molecule has 16 heavy (non-hydrogen) atoms. The first-order valence-electron chi connectivity index (χ1n) is 5.75. The number of tetrazole rings is 1. The smallest absolute Gasteiger partial charge is 0.209 e. The van der Waals surface area contributed by atoms with Crippen molar-refractivity contribution in [2.45, 2.75) is 50.1 Å². The summed E-state index contributed by atoms with van der Waals surface area (Å²) in [5.41, 5.74) is 0. The van der Waals surface area contributed by atoms with Crippen molar-refractivity contribution in [3.05, 3.63) is 0 Å². The van der Waals surface area contributed by atoms with Gasteiger partial charge in [0.15, 0.2) is 0 Å². The van der Waals surface area contributed by atoms with Crippen molar-refractivity contribution in [3.8, 4) is 0 Å². The number of rotatable bonds is 7. The molecule has 6 heteroatoms. The molecule has 2 atom stereocenters. The van der Waals surface area contributed by atoms with Crippen LogP contribution in [-0.4, -0.2) is 38.0 Å². The third-order valence-electron chi connectivity index (χ3n) is 2.32. The average Bonchev–Trinajstić information content (AvgIpc) is 2.61. The second-order valence-electron chi connectivity index (χ2n) is 4.10. The lowest BCUT2D eigenvalue weighted by Gasteiger charge is -2.17. The molecule has 1 rings (SSSR count). The summed E-state index contributed by atoms with van der Waals surface area (Å²) in [4.78, 5) is 0. The summed E-state index contributed by atoms with van der Waals surface area (Å²) in [6, 6.07) is 0.545. The molecule has 0 aliphatic rings. The van der Waals surface area contributed by atoms with E-state index in [-0.39, 0.29) is 0 Å². The zero-order chi connectivity index (χ0) is 12.0. The second-order valence-corrected chi connectivity index (χ2v) is 5.51. The Morgan fingerprint density at radius 1 is 1.44 bits per heavy atom. The lowest BCUT2D eigenvalue weighted by atomic mass is 10.2. The van der Waals surface area contributed by atoms with Gasteiger partial charge in [0.05, 0.1) is 0 Å².